The van der Waals surface area contributed by atoms with Gasteiger partial charge in [-0.1, -0.05) is 0 Å². The van der Waals surface area contributed by atoms with Crippen LogP contribution in [0.15, 0.2) is 18.3 Å². The van der Waals surface area contributed by atoms with Gasteiger partial charge in [0.05, 0.1) is 12.8 Å². The number of hydrogen-bond donors (Lipinski definition) is 4. The van der Waals surface area contributed by atoms with Crippen LogP contribution in [-0.4, -0.2) is 43.2 Å². The van der Waals surface area contributed by atoms with Gasteiger partial charge in [-0.25, -0.2) is 23.1 Å². The highest BCUT2D eigenvalue weighted by molar-refractivity contribution is 5.78. The molecule has 0 unspecified atom stereocenters. The average molecular weight is 463 g/mol. The van der Waals surface area contributed by atoms with Crippen LogP contribution < -0.4 is 16.4 Å². The van der Waals surface area contributed by atoms with Crippen molar-refractivity contribution in [2.24, 2.45) is 11.7 Å². The number of anilines is 3. The number of nitrogens with zero attached hydrogens (tertiary/aromatic N) is 4. The van der Waals surface area contributed by atoms with Crippen molar-refractivity contribution in [2.75, 3.05) is 17.2 Å². The largest absolute Gasteiger partial charge is 0.394 e. The number of aliphatic hydroxyl groups is 1. The van der Waals surface area contributed by atoms with E-state index in [1.807, 2.05) is 0 Å². The van der Waals surface area contributed by atoms with Crippen LogP contribution in [0.2, 0.25) is 0 Å². The van der Waals surface area contributed by atoms with Crippen LogP contribution in [0.4, 0.5) is 30.8 Å². The Bertz CT molecular complexity index is 1160. The molecule has 0 saturated heterocycles. The summed E-state index contributed by atoms with van der Waals surface area (Å²) in [6.45, 7) is 1.62. The number of rotatable bonds is 7. The Labute approximate surface area is 187 Å². The first-order chi connectivity index (χ1) is 15.8. The van der Waals surface area contributed by atoms with E-state index in [-0.39, 0.29) is 42.4 Å². The highest BCUT2D eigenvalue weighted by atomic mass is 19.1. The molecule has 1 amide bonds. The monoisotopic (exact) mass is 463 g/mol. The maximum absolute atomic E-state index is 14.3. The van der Waals surface area contributed by atoms with E-state index in [9.17, 15) is 23.1 Å². The van der Waals surface area contributed by atoms with Crippen molar-refractivity contribution in [2.45, 2.75) is 44.7 Å². The van der Waals surface area contributed by atoms with E-state index < -0.39 is 23.1 Å². The third kappa shape index (κ3) is 4.70. The van der Waals surface area contributed by atoms with Gasteiger partial charge in [-0.2, -0.15) is 4.98 Å². The van der Waals surface area contributed by atoms with Gasteiger partial charge < -0.3 is 21.5 Å². The summed E-state index contributed by atoms with van der Waals surface area (Å²) in [6, 6.07) is 0.672. The van der Waals surface area contributed by atoms with Crippen molar-refractivity contribution in [3.8, 4) is 0 Å². The summed E-state index contributed by atoms with van der Waals surface area (Å²) >= 11 is 0. The Morgan fingerprint density at radius 1 is 1.21 bits per heavy atom. The summed E-state index contributed by atoms with van der Waals surface area (Å²) in [5.74, 6) is -3.47. The SMILES string of the molecule is C[C@@H](CO)Nc1ncc2nc(Nc3c(F)cc(F)cc3F)n(C3CCC(C(N)=O)CC3)c2n1. The second-order valence-electron chi connectivity index (χ2n) is 8.21. The molecule has 3 aromatic rings. The van der Waals surface area contributed by atoms with E-state index in [2.05, 4.69) is 25.6 Å². The number of imidazole rings is 1. The van der Waals surface area contributed by atoms with Crippen LogP contribution in [0.1, 0.15) is 38.6 Å². The number of nitrogens with one attached hydrogen (secondary N) is 2. The number of carbonyl (C=O) groups is 1. The van der Waals surface area contributed by atoms with Gasteiger partial charge in [0, 0.05) is 30.1 Å². The number of halogens is 3. The molecule has 0 aliphatic heterocycles. The number of benzene rings is 1. The molecule has 0 radical (unpaired) electrons. The van der Waals surface area contributed by atoms with Crippen LogP contribution in [0, 0.1) is 23.4 Å². The first-order valence-electron chi connectivity index (χ1n) is 10.6. The Morgan fingerprint density at radius 2 is 1.88 bits per heavy atom. The van der Waals surface area contributed by atoms with Gasteiger partial charge in [-0.3, -0.25) is 9.36 Å². The quantitative estimate of drug-likeness (QED) is 0.424. The van der Waals surface area contributed by atoms with Crippen LogP contribution in [0.3, 0.4) is 0 Å². The molecule has 5 N–H and O–H groups in total. The molecule has 33 heavy (non-hydrogen) atoms. The van der Waals surface area contributed by atoms with E-state index in [1.54, 1.807) is 11.5 Å². The molecule has 0 bridgehead atoms. The molecule has 1 saturated carbocycles. The molecular weight excluding hydrogens is 439 g/mol. The Morgan fingerprint density at radius 3 is 2.48 bits per heavy atom. The van der Waals surface area contributed by atoms with Gasteiger partial charge in [0.15, 0.2) is 17.3 Å². The minimum Gasteiger partial charge on any atom is -0.394 e. The van der Waals surface area contributed by atoms with Crippen molar-refractivity contribution in [1.82, 2.24) is 19.5 Å². The van der Waals surface area contributed by atoms with Gasteiger partial charge in [-0.15, -0.1) is 0 Å². The summed E-state index contributed by atoms with van der Waals surface area (Å²) in [5.41, 5.74) is 5.69. The predicted molar refractivity (Wildman–Crippen MR) is 115 cm³/mol. The predicted octanol–water partition coefficient (Wildman–Crippen LogP) is 3.00. The smallest absolute Gasteiger partial charge is 0.225 e. The van der Waals surface area contributed by atoms with Gasteiger partial charge in [-0.05, 0) is 32.6 Å². The zero-order valence-corrected chi connectivity index (χ0v) is 17.9. The molecule has 9 nitrogen and oxygen atoms in total. The van der Waals surface area contributed by atoms with Gasteiger partial charge >= 0.3 is 0 Å². The standard InChI is InChI=1S/C21H24F3N7O2/c1-10(9-32)27-20-26-8-16-19(30-20)31(13-4-2-11(3-5-13)18(25)33)21(28-16)29-17-14(23)6-12(22)7-15(17)24/h6-8,10-11,13,32H,2-5,9H2,1H3,(H2,25,33)(H,28,29)(H,26,27,30)/t10-,11?,13?/m0/s1. The van der Waals surface area contributed by atoms with Crippen LogP contribution in [0.5, 0.6) is 0 Å². The fraction of sp³-hybridized carbons (Fsp3) is 0.429. The van der Waals surface area contributed by atoms with Crippen molar-refractivity contribution in [1.29, 1.82) is 0 Å². The summed E-state index contributed by atoms with van der Waals surface area (Å²) in [4.78, 5) is 24.7. The lowest BCUT2D eigenvalue weighted by molar-refractivity contribution is -0.122. The molecule has 12 heteroatoms. The topological polar surface area (TPSA) is 131 Å². The molecule has 1 aliphatic carbocycles. The van der Waals surface area contributed by atoms with Crippen molar-refractivity contribution >= 4 is 34.7 Å². The Kier molecular flexibility index (Phi) is 6.36. The first-order valence-corrected chi connectivity index (χ1v) is 10.6. The first kappa shape index (κ1) is 22.8. The molecule has 2 heterocycles. The summed E-state index contributed by atoms with van der Waals surface area (Å²) in [5, 5.41) is 14.9. The molecule has 1 atom stereocenters. The lowest BCUT2D eigenvalue weighted by atomic mass is 9.85. The lowest BCUT2D eigenvalue weighted by Crippen LogP contribution is -2.29. The lowest BCUT2D eigenvalue weighted by Gasteiger charge is -2.29. The molecule has 1 aliphatic rings. The fourth-order valence-corrected chi connectivity index (χ4v) is 4.05. The average Bonchev–Trinajstić information content (AvgIpc) is 3.13. The molecule has 0 spiro atoms. The summed E-state index contributed by atoms with van der Waals surface area (Å²) in [7, 11) is 0. The molecule has 4 rings (SSSR count). The zero-order valence-electron chi connectivity index (χ0n) is 17.9. The number of aromatic nitrogens is 4. The van der Waals surface area contributed by atoms with Crippen molar-refractivity contribution in [3.05, 3.63) is 35.8 Å². The number of aliphatic hydroxyl groups excluding tert-OH is 1. The van der Waals surface area contributed by atoms with Gasteiger partial charge in [0.2, 0.25) is 17.8 Å². The normalized spacial score (nSPS) is 19.4. The molecule has 1 fully saturated rings. The minimum absolute atomic E-state index is 0.110. The van der Waals surface area contributed by atoms with E-state index in [1.165, 1.54) is 6.20 Å². The van der Waals surface area contributed by atoms with Gasteiger partial charge in [0.1, 0.15) is 17.0 Å². The maximum Gasteiger partial charge on any atom is 0.225 e. The molecule has 1 aromatic carbocycles. The number of nitrogens with two attached hydrogens (primary N) is 1. The fourth-order valence-electron chi connectivity index (χ4n) is 4.05. The minimum atomic E-state index is -1.10. The Balaban J connectivity index is 1.77. The number of amides is 1. The van der Waals surface area contributed by atoms with E-state index in [4.69, 9.17) is 5.73 Å². The van der Waals surface area contributed by atoms with Crippen LogP contribution >= 0.6 is 0 Å². The number of hydrogen-bond acceptors (Lipinski definition) is 7. The summed E-state index contributed by atoms with van der Waals surface area (Å²) < 4.78 is 43.7. The Hall–Kier alpha value is -3.41. The number of primary amides is 1. The second kappa shape index (κ2) is 9.22. The number of fused-ring (bicyclic) bond motifs is 1. The van der Waals surface area contributed by atoms with Crippen molar-refractivity contribution < 1.29 is 23.1 Å². The van der Waals surface area contributed by atoms with Crippen molar-refractivity contribution in [3.63, 3.8) is 0 Å². The second-order valence-corrected chi connectivity index (χ2v) is 8.21. The highest BCUT2D eigenvalue weighted by Crippen LogP contribution is 2.37. The molecular formula is C21H24F3N7O2. The van der Waals surface area contributed by atoms with E-state index in [0.717, 1.165) is 0 Å². The van der Waals surface area contributed by atoms with E-state index >= 15 is 0 Å². The highest BCUT2D eigenvalue weighted by Gasteiger charge is 2.29. The van der Waals surface area contributed by atoms with Crippen LogP contribution in [0.25, 0.3) is 11.2 Å². The number of carbonyl (C=O) groups excluding carboxylic acids is 1. The third-order valence-electron chi connectivity index (χ3n) is 5.79. The molecule has 176 valence electrons. The maximum atomic E-state index is 14.3. The van der Waals surface area contributed by atoms with Crippen LogP contribution in [-0.2, 0) is 4.79 Å². The summed E-state index contributed by atoms with van der Waals surface area (Å²) in [6.07, 6.45) is 3.71. The third-order valence-corrected chi connectivity index (χ3v) is 5.79. The zero-order chi connectivity index (χ0) is 23.7. The molecule has 2 aromatic heterocycles. The van der Waals surface area contributed by atoms with E-state index in [0.29, 0.717) is 49.0 Å². The van der Waals surface area contributed by atoms with Gasteiger partial charge in [0.25, 0.3) is 0 Å².